The lowest BCUT2D eigenvalue weighted by Gasteiger charge is -2.27. The molecule has 4 nitrogen and oxygen atoms in total. The van der Waals surface area contributed by atoms with Gasteiger partial charge in [0.05, 0.1) is 13.0 Å². The van der Waals surface area contributed by atoms with Crippen LogP contribution in [0, 0.1) is 0 Å². The molecule has 0 fully saturated rings. The second kappa shape index (κ2) is 8.74. The largest absolute Gasteiger partial charge is 0.347 e. The molecule has 0 saturated carbocycles. The van der Waals surface area contributed by atoms with Gasteiger partial charge in [-0.25, -0.2) is 0 Å². The van der Waals surface area contributed by atoms with E-state index >= 15 is 0 Å². The van der Waals surface area contributed by atoms with Crippen molar-refractivity contribution in [3.05, 3.63) is 90.0 Å². The van der Waals surface area contributed by atoms with E-state index in [4.69, 9.17) is 0 Å². The zero-order chi connectivity index (χ0) is 20.1. The first-order valence-corrected chi connectivity index (χ1v) is 9.96. The van der Waals surface area contributed by atoms with Crippen molar-refractivity contribution in [1.82, 2.24) is 10.2 Å². The molecule has 3 aromatic carbocycles. The number of benzene rings is 3. The van der Waals surface area contributed by atoms with Gasteiger partial charge in [0.15, 0.2) is 0 Å². The lowest BCUT2D eigenvalue weighted by atomic mass is 9.99. The SMILES string of the molecule is O=C(Cc1cccc2ccccc12)NCC(=O)N1CC=C(c2ccccc2)CC1. The van der Waals surface area contributed by atoms with E-state index in [0.29, 0.717) is 13.1 Å². The number of carbonyl (C=O) groups excluding carboxylic acids is 2. The van der Waals surface area contributed by atoms with Crippen molar-refractivity contribution in [3.8, 4) is 0 Å². The minimum absolute atomic E-state index is 0.0398. The zero-order valence-corrected chi connectivity index (χ0v) is 16.3. The Morgan fingerprint density at radius 3 is 2.45 bits per heavy atom. The number of amides is 2. The van der Waals surface area contributed by atoms with E-state index in [9.17, 15) is 9.59 Å². The van der Waals surface area contributed by atoms with E-state index in [-0.39, 0.29) is 24.8 Å². The lowest BCUT2D eigenvalue weighted by molar-refractivity contribution is -0.132. The van der Waals surface area contributed by atoms with Gasteiger partial charge in [0.25, 0.3) is 0 Å². The summed E-state index contributed by atoms with van der Waals surface area (Å²) in [6, 6.07) is 24.2. The molecule has 2 amide bonds. The molecule has 0 bridgehead atoms. The van der Waals surface area contributed by atoms with Gasteiger partial charge in [0, 0.05) is 13.1 Å². The molecule has 1 N–H and O–H groups in total. The van der Waals surface area contributed by atoms with Crippen molar-refractivity contribution < 1.29 is 9.59 Å². The Labute approximate surface area is 170 Å². The van der Waals surface area contributed by atoms with Crippen LogP contribution in [-0.4, -0.2) is 36.3 Å². The highest BCUT2D eigenvalue weighted by molar-refractivity contribution is 5.91. The Bertz CT molecular complexity index is 1050. The van der Waals surface area contributed by atoms with Crippen molar-refractivity contribution in [2.45, 2.75) is 12.8 Å². The van der Waals surface area contributed by atoms with Crippen LogP contribution < -0.4 is 5.32 Å². The average molecular weight is 384 g/mol. The Kier molecular flexibility index (Phi) is 5.71. The van der Waals surface area contributed by atoms with Crippen LogP contribution in [0.3, 0.4) is 0 Å². The van der Waals surface area contributed by atoms with Crippen molar-refractivity contribution in [2.24, 2.45) is 0 Å². The van der Waals surface area contributed by atoms with Crippen LogP contribution in [0.2, 0.25) is 0 Å². The normalized spacial score (nSPS) is 13.8. The van der Waals surface area contributed by atoms with Gasteiger partial charge >= 0.3 is 0 Å². The molecule has 0 spiro atoms. The van der Waals surface area contributed by atoms with E-state index < -0.39 is 0 Å². The highest BCUT2D eigenvalue weighted by atomic mass is 16.2. The Hall–Kier alpha value is -3.40. The van der Waals surface area contributed by atoms with Gasteiger partial charge in [-0.1, -0.05) is 78.9 Å². The maximum absolute atomic E-state index is 12.5. The van der Waals surface area contributed by atoms with E-state index in [1.807, 2.05) is 60.7 Å². The van der Waals surface area contributed by atoms with E-state index in [1.54, 1.807) is 4.90 Å². The number of rotatable bonds is 5. The summed E-state index contributed by atoms with van der Waals surface area (Å²) in [6.45, 7) is 1.30. The molecule has 0 aliphatic carbocycles. The molecular weight excluding hydrogens is 360 g/mol. The minimum atomic E-state index is -0.132. The summed E-state index contributed by atoms with van der Waals surface area (Å²) in [7, 11) is 0. The molecule has 146 valence electrons. The van der Waals surface area contributed by atoms with Gasteiger partial charge in [-0.05, 0) is 33.9 Å². The first kappa shape index (κ1) is 18.9. The number of hydrogen-bond donors (Lipinski definition) is 1. The second-order valence-corrected chi connectivity index (χ2v) is 7.28. The maximum atomic E-state index is 12.5. The summed E-state index contributed by atoms with van der Waals surface area (Å²) in [5.41, 5.74) is 3.46. The fraction of sp³-hybridized carbons (Fsp3) is 0.200. The molecule has 0 atom stereocenters. The summed E-state index contributed by atoms with van der Waals surface area (Å²) in [6.07, 6.45) is 3.21. The topological polar surface area (TPSA) is 49.4 Å². The van der Waals surface area contributed by atoms with E-state index in [0.717, 1.165) is 22.8 Å². The van der Waals surface area contributed by atoms with Gasteiger partial charge in [-0.3, -0.25) is 9.59 Å². The number of hydrogen-bond acceptors (Lipinski definition) is 2. The first-order valence-electron chi connectivity index (χ1n) is 9.96. The molecule has 3 aromatic rings. The number of nitrogens with zero attached hydrogens (tertiary/aromatic N) is 1. The lowest BCUT2D eigenvalue weighted by Crippen LogP contribution is -2.42. The third-order valence-electron chi connectivity index (χ3n) is 5.37. The van der Waals surface area contributed by atoms with Gasteiger partial charge in [-0.2, -0.15) is 0 Å². The van der Waals surface area contributed by atoms with Crippen LogP contribution in [0.25, 0.3) is 16.3 Å². The summed E-state index contributed by atoms with van der Waals surface area (Å²) in [5.74, 6) is -0.174. The summed E-state index contributed by atoms with van der Waals surface area (Å²) in [4.78, 5) is 26.7. The Morgan fingerprint density at radius 1 is 0.897 bits per heavy atom. The molecule has 1 heterocycles. The van der Waals surface area contributed by atoms with Crippen molar-refractivity contribution in [3.63, 3.8) is 0 Å². The van der Waals surface area contributed by atoms with Crippen molar-refractivity contribution >= 4 is 28.2 Å². The van der Waals surface area contributed by atoms with Crippen LogP contribution in [0.1, 0.15) is 17.5 Å². The molecule has 1 aliphatic heterocycles. The van der Waals surface area contributed by atoms with Crippen LogP contribution in [0.15, 0.2) is 78.9 Å². The predicted molar refractivity (Wildman–Crippen MR) is 116 cm³/mol. The molecule has 0 saturated heterocycles. The quantitative estimate of drug-likeness (QED) is 0.727. The highest BCUT2D eigenvalue weighted by Crippen LogP contribution is 2.22. The zero-order valence-electron chi connectivity index (χ0n) is 16.3. The standard InChI is InChI=1S/C25H24N2O2/c28-24(17-22-11-6-10-21-9-4-5-12-23(21)22)26-18-25(29)27-15-13-20(14-16-27)19-7-2-1-3-8-19/h1-13H,14-18H2,(H,26,28). The molecule has 0 unspecified atom stereocenters. The monoisotopic (exact) mass is 384 g/mol. The molecule has 4 heteroatoms. The summed E-state index contributed by atoms with van der Waals surface area (Å²) < 4.78 is 0. The fourth-order valence-corrected chi connectivity index (χ4v) is 3.78. The second-order valence-electron chi connectivity index (χ2n) is 7.28. The molecule has 1 aliphatic rings. The number of nitrogens with one attached hydrogen (secondary N) is 1. The van der Waals surface area contributed by atoms with Crippen LogP contribution in [0.4, 0.5) is 0 Å². The predicted octanol–water partition coefficient (Wildman–Crippen LogP) is 3.81. The van der Waals surface area contributed by atoms with E-state index in [2.05, 4.69) is 23.5 Å². The molecule has 4 rings (SSSR count). The van der Waals surface area contributed by atoms with Crippen molar-refractivity contribution in [1.29, 1.82) is 0 Å². The summed E-state index contributed by atoms with van der Waals surface area (Å²) >= 11 is 0. The van der Waals surface area contributed by atoms with Crippen LogP contribution in [-0.2, 0) is 16.0 Å². The van der Waals surface area contributed by atoms with Gasteiger partial charge in [-0.15, -0.1) is 0 Å². The van der Waals surface area contributed by atoms with E-state index in [1.165, 1.54) is 11.1 Å². The van der Waals surface area contributed by atoms with Gasteiger partial charge in [0.2, 0.25) is 11.8 Å². The molecular formula is C25H24N2O2. The molecule has 0 aromatic heterocycles. The third kappa shape index (κ3) is 4.54. The average Bonchev–Trinajstić information content (AvgIpc) is 2.78. The van der Waals surface area contributed by atoms with Crippen molar-refractivity contribution in [2.75, 3.05) is 19.6 Å². The van der Waals surface area contributed by atoms with Gasteiger partial charge < -0.3 is 10.2 Å². The van der Waals surface area contributed by atoms with Gasteiger partial charge in [0.1, 0.15) is 0 Å². The Balaban J connectivity index is 1.31. The number of fused-ring (bicyclic) bond motifs is 1. The third-order valence-corrected chi connectivity index (χ3v) is 5.37. The minimum Gasteiger partial charge on any atom is -0.347 e. The Morgan fingerprint density at radius 2 is 1.66 bits per heavy atom. The fourth-order valence-electron chi connectivity index (χ4n) is 3.78. The molecule has 29 heavy (non-hydrogen) atoms. The number of carbonyl (C=O) groups is 2. The summed E-state index contributed by atoms with van der Waals surface area (Å²) in [5, 5.41) is 4.97. The molecule has 0 radical (unpaired) electrons. The smallest absolute Gasteiger partial charge is 0.242 e. The van der Waals surface area contributed by atoms with Crippen LogP contribution in [0.5, 0.6) is 0 Å². The highest BCUT2D eigenvalue weighted by Gasteiger charge is 2.18. The maximum Gasteiger partial charge on any atom is 0.242 e. The first-order chi connectivity index (χ1) is 14.2. The van der Waals surface area contributed by atoms with Crippen LogP contribution >= 0.6 is 0 Å².